The summed E-state index contributed by atoms with van der Waals surface area (Å²) in [6.07, 6.45) is 3.31. The van der Waals surface area contributed by atoms with Crippen LogP contribution in [0, 0.1) is 0 Å². The molecule has 0 bridgehead atoms. The van der Waals surface area contributed by atoms with Gasteiger partial charge in [0, 0.05) is 17.5 Å². The number of phenolic OH excluding ortho intramolecular Hbond substituents is 1. The molecule has 0 saturated heterocycles. The lowest BCUT2D eigenvalue weighted by atomic mass is 9.78. The topological polar surface area (TPSA) is 99.1 Å². The third kappa shape index (κ3) is 5.85. The zero-order valence-electron chi connectivity index (χ0n) is 18.3. The van der Waals surface area contributed by atoms with Crippen LogP contribution in [0.3, 0.4) is 0 Å². The maximum atomic E-state index is 11.9. The van der Waals surface area contributed by atoms with Gasteiger partial charge in [-0.1, -0.05) is 48.5 Å². The van der Waals surface area contributed by atoms with Gasteiger partial charge in [-0.25, -0.2) is 9.78 Å². The highest BCUT2D eigenvalue weighted by molar-refractivity contribution is 8.04. The van der Waals surface area contributed by atoms with E-state index < -0.39 is 5.97 Å². The number of carbonyl (C=O) groups is 1. The van der Waals surface area contributed by atoms with Gasteiger partial charge < -0.3 is 10.2 Å². The van der Waals surface area contributed by atoms with Crippen LogP contribution in [0.2, 0.25) is 0 Å². The van der Waals surface area contributed by atoms with E-state index >= 15 is 0 Å². The number of aryl methyl sites for hydroxylation is 1. The number of nitrogens with one attached hydrogen (secondary N) is 1. The minimum Gasteiger partial charge on any atom is -0.507 e. The monoisotopic (exact) mass is 417 g/mol. The number of H-pyrrole nitrogens is 1. The van der Waals surface area contributed by atoms with E-state index in [0.717, 1.165) is 47.1 Å². The van der Waals surface area contributed by atoms with Crippen molar-refractivity contribution in [2.45, 2.75) is 77.3 Å². The highest BCUT2D eigenvalue weighted by Gasteiger charge is 2.26. The van der Waals surface area contributed by atoms with Crippen LogP contribution in [0.5, 0.6) is 5.75 Å². The van der Waals surface area contributed by atoms with Gasteiger partial charge in [-0.15, -0.1) is 5.10 Å². The van der Waals surface area contributed by atoms with Gasteiger partial charge in [0.15, 0.2) is 0 Å². The first-order valence-corrected chi connectivity index (χ1v) is 10.6. The quantitative estimate of drug-likeness (QED) is 0.437. The molecule has 0 amide bonds. The van der Waals surface area contributed by atoms with Gasteiger partial charge in [-0.2, -0.15) is 0 Å². The fourth-order valence-electron chi connectivity index (χ4n) is 2.94. The van der Waals surface area contributed by atoms with Crippen molar-refractivity contribution in [2.24, 2.45) is 0 Å². The molecule has 6 nitrogen and oxygen atoms in total. The first kappa shape index (κ1) is 23.0. The molecule has 158 valence electrons. The molecule has 2 aromatic rings. The Morgan fingerprint density at radius 2 is 1.69 bits per heavy atom. The minimum atomic E-state index is -1.04. The third-order valence-corrected chi connectivity index (χ3v) is 5.33. The maximum Gasteiger partial charge on any atom is 0.342 e. The fourth-order valence-corrected chi connectivity index (χ4v) is 3.67. The number of thioether (sulfide) groups is 1. The summed E-state index contributed by atoms with van der Waals surface area (Å²) in [4.78, 5) is 16.3. The highest BCUT2D eigenvalue weighted by atomic mass is 32.2. The second-order valence-corrected chi connectivity index (χ2v) is 10.2. The summed E-state index contributed by atoms with van der Waals surface area (Å²) in [5, 5.41) is 27.9. The first-order chi connectivity index (χ1) is 13.3. The number of rotatable bonds is 6. The molecule has 3 N–H and O–H groups in total. The third-order valence-electron chi connectivity index (χ3n) is 4.46. The molecule has 0 fully saturated rings. The molecule has 0 aliphatic carbocycles. The lowest BCUT2D eigenvalue weighted by Crippen LogP contribution is -2.17. The Hall–Kier alpha value is -2.28. The van der Waals surface area contributed by atoms with Crippen molar-refractivity contribution < 1.29 is 15.0 Å². The molecule has 1 aromatic heterocycles. The Morgan fingerprint density at radius 1 is 1.14 bits per heavy atom. The normalized spacial score (nSPS) is 13.0. The summed E-state index contributed by atoms with van der Waals surface area (Å²) < 4.78 is 0. The Kier molecular flexibility index (Phi) is 6.83. The average Bonchev–Trinajstić information content (AvgIpc) is 3.01. The molecule has 0 spiro atoms. The minimum absolute atomic E-state index is 0.123. The number of aromatic nitrogens is 3. The van der Waals surface area contributed by atoms with Crippen LogP contribution in [-0.4, -0.2) is 31.4 Å². The Balaban J connectivity index is 2.53. The van der Waals surface area contributed by atoms with Gasteiger partial charge in [0.2, 0.25) is 5.16 Å². The lowest BCUT2D eigenvalue weighted by Gasteiger charge is -2.28. The van der Waals surface area contributed by atoms with E-state index in [2.05, 4.69) is 15.2 Å². The smallest absolute Gasteiger partial charge is 0.342 e. The molecule has 0 aliphatic rings. The molecule has 1 heterocycles. The predicted octanol–water partition coefficient (Wildman–Crippen LogP) is 5.28. The number of carboxylic acid groups (broad SMARTS) is 1. The summed E-state index contributed by atoms with van der Waals surface area (Å²) >= 11 is 1.01. The number of benzene rings is 1. The van der Waals surface area contributed by atoms with Crippen LogP contribution in [0.1, 0.15) is 77.4 Å². The molecule has 7 heteroatoms. The van der Waals surface area contributed by atoms with Crippen LogP contribution in [0.25, 0.3) is 6.08 Å². The van der Waals surface area contributed by atoms with Crippen LogP contribution in [0.4, 0.5) is 0 Å². The number of hydrogen-bond donors (Lipinski definition) is 3. The van der Waals surface area contributed by atoms with Gasteiger partial charge in [-0.05, 0) is 52.8 Å². The van der Waals surface area contributed by atoms with E-state index in [1.54, 1.807) is 6.08 Å². The van der Waals surface area contributed by atoms with Gasteiger partial charge in [0.1, 0.15) is 16.5 Å². The summed E-state index contributed by atoms with van der Waals surface area (Å²) in [6.45, 7) is 14.2. The number of aliphatic carboxylic acids is 1. The second-order valence-electron chi connectivity index (χ2n) is 9.20. The highest BCUT2D eigenvalue weighted by Crippen LogP contribution is 2.40. The molecule has 0 aliphatic heterocycles. The van der Waals surface area contributed by atoms with Crippen LogP contribution < -0.4 is 0 Å². The second kappa shape index (κ2) is 8.61. The summed E-state index contributed by atoms with van der Waals surface area (Å²) in [6, 6.07) is 3.71. The Morgan fingerprint density at radius 3 is 2.14 bits per heavy atom. The van der Waals surface area contributed by atoms with Crippen molar-refractivity contribution >= 4 is 23.8 Å². The number of hydrogen-bond acceptors (Lipinski definition) is 5. The van der Waals surface area contributed by atoms with Gasteiger partial charge in [0.05, 0.1) is 0 Å². The van der Waals surface area contributed by atoms with E-state index in [1.807, 2.05) is 60.6 Å². The Labute approximate surface area is 176 Å². The van der Waals surface area contributed by atoms with E-state index in [4.69, 9.17) is 0 Å². The van der Waals surface area contributed by atoms with Crippen molar-refractivity contribution in [1.82, 2.24) is 15.2 Å². The zero-order valence-corrected chi connectivity index (χ0v) is 19.1. The van der Waals surface area contributed by atoms with Crippen LogP contribution in [0.15, 0.2) is 22.2 Å². The first-order valence-electron chi connectivity index (χ1n) is 9.75. The largest absolute Gasteiger partial charge is 0.507 e. The van der Waals surface area contributed by atoms with E-state index in [0.29, 0.717) is 5.16 Å². The molecule has 0 atom stereocenters. The molecule has 0 radical (unpaired) electrons. The fraction of sp³-hybridized carbons (Fsp3) is 0.500. The molecule has 2 rings (SSSR count). The van der Waals surface area contributed by atoms with Gasteiger partial charge in [-0.3, -0.25) is 5.10 Å². The van der Waals surface area contributed by atoms with Crippen LogP contribution in [-0.2, 0) is 22.0 Å². The van der Waals surface area contributed by atoms with Crippen molar-refractivity contribution in [3.63, 3.8) is 0 Å². The van der Waals surface area contributed by atoms with Crippen molar-refractivity contribution in [1.29, 1.82) is 0 Å². The number of nitrogens with zero attached hydrogens (tertiary/aromatic N) is 2. The van der Waals surface area contributed by atoms with E-state index in [-0.39, 0.29) is 21.5 Å². The number of aromatic hydroxyl groups is 1. The lowest BCUT2D eigenvalue weighted by molar-refractivity contribution is -0.131. The predicted molar refractivity (Wildman–Crippen MR) is 117 cm³/mol. The standard InChI is InChI=1S/C22H31N3O3S/c1-8-9-17-23-20(25-24-17)29-16(19(27)28)12-13-10-14(21(2,3)4)18(26)15(11-13)22(5,6)7/h10-12,26H,8-9H2,1-7H3,(H,27,28)(H,23,24,25)/b16-12-. The summed E-state index contributed by atoms with van der Waals surface area (Å²) in [5.41, 5.74) is 1.72. The maximum absolute atomic E-state index is 11.9. The molecule has 0 saturated carbocycles. The number of phenols is 1. The Bertz CT molecular complexity index is 883. The van der Waals surface area contributed by atoms with E-state index in [1.165, 1.54) is 0 Å². The molecule has 29 heavy (non-hydrogen) atoms. The van der Waals surface area contributed by atoms with Crippen molar-refractivity contribution in [3.8, 4) is 5.75 Å². The number of carboxylic acids is 1. The average molecular weight is 418 g/mol. The van der Waals surface area contributed by atoms with Crippen molar-refractivity contribution in [2.75, 3.05) is 0 Å². The molecular formula is C22H31N3O3S. The SMILES string of the molecule is CCCc1nc(S/C(=C\c2cc(C(C)(C)C)c(O)c(C(C)(C)C)c2)C(=O)O)n[nH]1. The van der Waals surface area contributed by atoms with Crippen molar-refractivity contribution in [3.05, 3.63) is 39.6 Å². The van der Waals surface area contributed by atoms with Gasteiger partial charge >= 0.3 is 5.97 Å². The van der Waals surface area contributed by atoms with Crippen LogP contribution >= 0.6 is 11.8 Å². The molecule has 0 unspecified atom stereocenters. The molecule has 1 aromatic carbocycles. The summed E-state index contributed by atoms with van der Waals surface area (Å²) in [5.74, 6) is -0.0289. The van der Waals surface area contributed by atoms with E-state index in [9.17, 15) is 15.0 Å². The number of aromatic amines is 1. The van der Waals surface area contributed by atoms with Gasteiger partial charge in [0.25, 0.3) is 0 Å². The summed E-state index contributed by atoms with van der Waals surface area (Å²) in [7, 11) is 0. The zero-order chi connectivity index (χ0) is 22.0. The molecular weight excluding hydrogens is 386 g/mol.